The summed E-state index contributed by atoms with van der Waals surface area (Å²) in [6, 6.07) is 14.7. The Labute approximate surface area is 185 Å². The van der Waals surface area contributed by atoms with Crippen LogP contribution in [0.15, 0.2) is 58.4 Å². The number of hydrogen-bond donors (Lipinski definition) is 2. The van der Waals surface area contributed by atoms with Gasteiger partial charge in [0.1, 0.15) is 5.75 Å². The second-order valence-corrected chi connectivity index (χ2v) is 8.64. The second-order valence-electron chi connectivity index (χ2n) is 6.88. The van der Waals surface area contributed by atoms with E-state index in [1.165, 1.54) is 7.11 Å². The van der Waals surface area contributed by atoms with Gasteiger partial charge < -0.3 is 19.7 Å². The van der Waals surface area contributed by atoms with Gasteiger partial charge in [0.05, 0.1) is 25.2 Å². The SMILES string of the molecule is CCNC(=NCc1cccc(S(=O)(=O)NCCOC)c1)N(C)Cc1ccccc1OC. The van der Waals surface area contributed by atoms with Crippen LogP contribution in [0.2, 0.25) is 0 Å². The van der Waals surface area contributed by atoms with E-state index in [0.717, 1.165) is 22.8 Å². The van der Waals surface area contributed by atoms with E-state index in [1.807, 2.05) is 49.2 Å². The van der Waals surface area contributed by atoms with Gasteiger partial charge in [0.2, 0.25) is 10.0 Å². The normalized spacial score (nSPS) is 11.9. The van der Waals surface area contributed by atoms with Gasteiger partial charge in [0, 0.05) is 39.4 Å². The standard InChI is InChI=1S/C22H32N4O4S/c1-5-23-22(26(2)17-19-10-6-7-12-21(19)30-4)24-16-18-9-8-11-20(15-18)31(27,28)25-13-14-29-3/h6-12,15,25H,5,13-14,16-17H2,1-4H3,(H,23,24). The van der Waals surface area contributed by atoms with Crippen LogP contribution in [-0.4, -0.2) is 60.2 Å². The van der Waals surface area contributed by atoms with Crippen molar-refractivity contribution < 1.29 is 17.9 Å². The zero-order chi connectivity index (χ0) is 22.7. The maximum Gasteiger partial charge on any atom is 0.240 e. The number of ether oxygens (including phenoxy) is 2. The Kier molecular flexibility index (Phi) is 9.77. The van der Waals surface area contributed by atoms with E-state index in [9.17, 15) is 8.42 Å². The lowest BCUT2D eigenvalue weighted by molar-refractivity contribution is 0.204. The summed E-state index contributed by atoms with van der Waals surface area (Å²) in [5.41, 5.74) is 1.85. The molecule has 0 fully saturated rings. The van der Waals surface area contributed by atoms with Gasteiger partial charge in [-0.2, -0.15) is 0 Å². The minimum Gasteiger partial charge on any atom is -0.496 e. The maximum atomic E-state index is 12.4. The first-order valence-electron chi connectivity index (χ1n) is 10.1. The molecule has 0 unspecified atom stereocenters. The van der Waals surface area contributed by atoms with Crippen molar-refractivity contribution in [3.63, 3.8) is 0 Å². The first kappa shape index (κ1) is 24.6. The van der Waals surface area contributed by atoms with E-state index in [1.54, 1.807) is 25.3 Å². The minimum absolute atomic E-state index is 0.212. The zero-order valence-electron chi connectivity index (χ0n) is 18.6. The molecule has 2 aromatic rings. The number of nitrogens with zero attached hydrogens (tertiary/aromatic N) is 2. The van der Waals surface area contributed by atoms with E-state index in [4.69, 9.17) is 9.47 Å². The molecule has 0 saturated heterocycles. The summed E-state index contributed by atoms with van der Waals surface area (Å²) < 4.78 is 37.7. The molecule has 0 aliphatic heterocycles. The van der Waals surface area contributed by atoms with Gasteiger partial charge in [-0.15, -0.1) is 0 Å². The van der Waals surface area contributed by atoms with Crippen molar-refractivity contribution in [2.45, 2.75) is 24.9 Å². The third-order valence-electron chi connectivity index (χ3n) is 4.51. The quantitative estimate of drug-likeness (QED) is 0.311. The van der Waals surface area contributed by atoms with Crippen LogP contribution < -0.4 is 14.8 Å². The highest BCUT2D eigenvalue weighted by Gasteiger charge is 2.14. The van der Waals surface area contributed by atoms with Crippen LogP contribution in [0.5, 0.6) is 5.75 Å². The first-order valence-corrected chi connectivity index (χ1v) is 11.6. The highest BCUT2D eigenvalue weighted by molar-refractivity contribution is 7.89. The second kappa shape index (κ2) is 12.3. The van der Waals surface area contributed by atoms with Crippen molar-refractivity contribution >= 4 is 16.0 Å². The van der Waals surface area contributed by atoms with E-state index in [2.05, 4.69) is 15.0 Å². The molecule has 31 heavy (non-hydrogen) atoms. The molecule has 0 radical (unpaired) electrons. The zero-order valence-corrected chi connectivity index (χ0v) is 19.4. The van der Waals surface area contributed by atoms with E-state index >= 15 is 0 Å². The van der Waals surface area contributed by atoms with E-state index in [-0.39, 0.29) is 11.4 Å². The summed E-state index contributed by atoms with van der Waals surface area (Å²) in [5.74, 6) is 1.55. The van der Waals surface area contributed by atoms with Crippen LogP contribution in [0.4, 0.5) is 0 Å². The molecule has 2 rings (SSSR count). The number of methoxy groups -OCH3 is 2. The largest absolute Gasteiger partial charge is 0.496 e. The number of aliphatic imine (C=N–C) groups is 1. The van der Waals surface area contributed by atoms with Crippen molar-refractivity contribution in [3.05, 3.63) is 59.7 Å². The minimum atomic E-state index is -3.59. The molecule has 0 heterocycles. The number of benzene rings is 2. The predicted molar refractivity (Wildman–Crippen MR) is 123 cm³/mol. The maximum absolute atomic E-state index is 12.4. The molecule has 0 spiro atoms. The Morgan fingerprint density at radius 1 is 1.13 bits per heavy atom. The van der Waals surface area contributed by atoms with Crippen molar-refractivity contribution in [2.75, 3.05) is 41.0 Å². The van der Waals surface area contributed by atoms with Gasteiger partial charge in [0.15, 0.2) is 5.96 Å². The molecule has 0 atom stereocenters. The summed E-state index contributed by atoms with van der Waals surface area (Å²) in [6.45, 7) is 4.22. The van der Waals surface area contributed by atoms with Crippen molar-refractivity contribution in [1.82, 2.24) is 14.9 Å². The summed E-state index contributed by atoms with van der Waals surface area (Å²) in [6.07, 6.45) is 0. The number of guanidine groups is 1. The number of hydrogen-bond acceptors (Lipinski definition) is 5. The molecule has 2 aromatic carbocycles. The fraction of sp³-hybridized carbons (Fsp3) is 0.409. The molecule has 0 amide bonds. The lowest BCUT2D eigenvalue weighted by atomic mass is 10.2. The molecule has 8 nitrogen and oxygen atoms in total. The average molecular weight is 449 g/mol. The fourth-order valence-corrected chi connectivity index (χ4v) is 4.06. The van der Waals surface area contributed by atoms with Crippen LogP contribution in [-0.2, 0) is 27.8 Å². The van der Waals surface area contributed by atoms with Gasteiger partial charge in [-0.05, 0) is 30.7 Å². The van der Waals surface area contributed by atoms with Crippen LogP contribution in [0.25, 0.3) is 0 Å². The number of sulfonamides is 1. The molecule has 0 aliphatic carbocycles. The number of para-hydroxylation sites is 1. The van der Waals surface area contributed by atoms with Crippen LogP contribution in [0, 0.1) is 0 Å². The summed E-state index contributed by atoms with van der Waals surface area (Å²) in [5, 5.41) is 3.28. The Balaban J connectivity index is 2.14. The monoisotopic (exact) mass is 448 g/mol. The fourth-order valence-electron chi connectivity index (χ4n) is 2.97. The van der Waals surface area contributed by atoms with Gasteiger partial charge in [0.25, 0.3) is 0 Å². The third-order valence-corrected chi connectivity index (χ3v) is 5.97. The van der Waals surface area contributed by atoms with Crippen LogP contribution >= 0.6 is 0 Å². The molecule has 2 N–H and O–H groups in total. The molecule has 170 valence electrons. The molecule has 0 aliphatic rings. The molecule has 0 saturated carbocycles. The number of nitrogens with one attached hydrogen (secondary N) is 2. The van der Waals surface area contributed by atoms with Crippen molar-refractivity contribution in [3.8, 4) is 5.75 Å². The van der Waals surface area contributed by atoms with Crippen LogP contribution in [0.1, 0.15) is 18.1 Å². The Hall–Kier alpha value is -2.62. The molecule has 0 bridgehead atoms. The molecule has 0 aromatic heterocycles. The van der Waals surface area contributed by atoms with Gasteiger partial charge in [-0.3, -0.25) is 0 Å². The van der Waals surface area contributed by atoms with Gasteiger partial charge in [-0.25, -0.2) is 18.1 Å². The topological polar surface area (TPSA) is 92.3 Å². The Morgan fingerprint density at radius 2 is 1.90 bits per heavy atom. The van der Waals surface area contributed by atoms with E-state index < -0.39 is 10.0 Å². The summed E-state index contributed by atoms with van der Waals surface area (Å²) in [7, 11) is 1.55. The summed E-state index contributed by atoms with van der Waals surface area (Å²) in [4.78, 5) is 6.91. The number of rotatable bonds is 11. The lowest BCUT2D eigenvalue weighted by Gasteiger charge is -2.23. The highest BCUT2D eigenvalue weighted by Crippen LogP contribution is 2.19. The van der Waals surface area contributed by atoms with Gasteiger partial charge in [-0.1, -0.05) is 30.3 Å². The smallest absolute Gasteiger partial charge is 0.240 e. The van der Waals surface area contributed by atoms with Gasteiger partial charge >= 0.3 is 0 Å². The molecule has 9 heteroatoms. The van der Waals surface area contributed by atoms with E-state index in [0.29, 0.717) is 26.2 Å². The van der Waals surface area contributed by atoms with Crippen LogP contribution in [0.3, 0.4) is 0 Å². The Morgan fingerprint density at radius 3 is 2.61 bits per heavy atom. The van der Waals surface area contributed by atoms with Crippen molar-refractivity contribution in [1.29, 1.82) is 0 Å². The molecular formula is C22H32N4O4S. The summed E-state index contributed by atoms with van der Waals surface area (Å²) >= 11 is 0. The lowest BCUT2D eigenvalue weighted by Crippen LogP contribution is -2.38. The average Bonchev–Trinajstić information content (AvgIpc) is 2.77. The first-order chi connectivity index (χ1) is 14.9. The predicted octanol–water partition coefficient (Wildman–Crippen LogP) is 2.22. The Bertz CT molecular complexity index is 963. The molecular weight excluding hydrogens is 416 g/mol. The highest BCUT2D eigenvalue weighted by atomic mass is 32.2. The van der Waals surface area contributed by atoms with Crippen molar-refractivity contribution in [2.24, 2.45) is 4.99 Å². The third kappa shape index (κ3) is 7.54.